The van der Waals surface area contributed by atoms with Gasteiger partial charge in [-0.3, -0.25) is 0 Å². The monoisotopic (exact) mass is 318 g/mol. The molecule has 0 amide bonds. The lowest BCUT2D eigenvalue weighted by Crippen LogP contribution is -2.07. The third kappa shape index (κ3) is 2.30. The van der Waals surface area contributed by atoms with Gasteiger partial charge in [0.25, 0.3) is 0 Å². The van der Waals surface area contributed by atoms with Gasteiger partial charge < -0.3 is 10.1 Å². The second kappa shape index (κ2) is 3.67. The zero-order valence-electron chi connectivity index (χ0n) is 6.38. The van der Waals surface area contributed by atoms with Crippen molar-refractivity contribution in [1.29, 1.82) is 0 Å². The van der Waals surface area contributed by atoms with E-state index in [0.717, 1.165) is 0 Å². The molecular weight excluding hydrogens is 316 g/mol. The van der Waals surface area contributed by atoms with E-state index >= 15 is 0 Å². The van der Waals surface area contributed by atoms with Crippen molar-refractivity contribution in [2.24, 2.45) is 0 Å². The molecule has 0 unspecified atom stereocenters. The summed E-state index contributed by atoms with van der Waals surface area (Å²) in [4.78, 5) is 12.5. The first-order chi connectivity index (χ1) is 6.32. The van der Waals surface area contributed by atoms with Crippen molar-refractivity contribution in [2.45, 2.75) is 6.18 Å². The lowest BCUT2D eigenvalue weighted by Gasteiger charge is -2.04. The van der Waals surface area contributed by atoms with Crippen molar-refractivity contribution in [1.82, 2.24) is 4.98 Å². The van der Waals surface area contributed by atoms with Crippen LogP contribution in [0.4, 0.5) is 19.0 Å². The van der Waals surface area contributed by atoms with Gasteiger partial charge in [0.05, 0.1) is 0 Å². The highest BCUT2D eigenvalue weighted by Crippen LogP contribution is 2.31. The van der Waals surface area contributed by atoms with Crippen molar-refractivity contribution < 1.29 is 18.1 Å². The van der Waals surface area contributed by atoms with Crippen molar-refractivity contribution in [3.8, 4) is 0 Å². The average molecular weight is 318 g/mol. The maximum Gasteiger partial charge on any atom is 0.420 e. The smallest absolute Gasteiger partial charge is 0.358 e. The Morgan fingerprint density at radius 3 is 2.43 bits per heavy atom. The molecule has 76 valence electrons. The number of halogens is 4. The third-order valence-corrected chi connectivity index (χ3v) is 2.12. The molecule has 1 aromatic heterocycles. The Kier molecular flexibility index (Phi) is 2.92. The van der Waals surface area contributed by atoms with Crippen LogP contribution in [0.1, 0.15) is 5.56 Å². The summed E-state index contributed by atoms with van der Waals surface area (Å²) in [6.07, 6.45) is -4.08. The Bertz CT molecular complexity index is 380. The minimum Gasteiger partial charge on any atom is -0.358 e. The van der Waals surface area contributed by atoms with Crippen LogP contribution in [0.15, 0.2) is 12.3 Å². The normalized spacial score (nSPS) is 11.4. The predicted molar refractivity (Wildman–Crippen MR) is 48.6 cm³/mol. The van der Waals surface area contributed by atoms with E-state index in [1.165, 1.54) is 22.6 Å². The fraction of sp³-hybridized carbons (Fsp3) is 0.167. The minimum atomic E-state index is -4.53. The molecule has 0 aliphatic carbocycles. The summed E-state index contributed by atoms with van der Waals surface area (Å²) in [7, 11) is 0. The van der Waals surface area contributed by atoms with Gasteiger partial charge in [-0.25, -0.2) is 0 Å². The van der Waals surface area contributed by atoms with Crippen molar-refractivity contribution in [3.63, 3.8) is 0 Å². The molecular formula is C6H2F3IN2O2. The molecule has 0 aliphatic heterocycles. The van der Waals surface area contributed by atoms with Gasteiger partial charge in [-0.1, -0.05) is 0 Å². The maximum atomic E-state index is 12.1. The SMILES string of the molecule is O=[N+]([O-])c1ncc(C(F)(F)F)cc1I. The Hall–Kier alpha value is -0.930. The van der Waals surface area contributed by atoms with Crippen LogP contribution in [0.25, 0.3) is 0 Å². The van der Waals surface area contributed by atoms with Crippen LogP contribution in [-0.4, -0.2) is 9.91 Å². The van der Waals surface area contributed by atoms with Gasteiger partial charge in [-0.05, 0) is 38.6 Å². The summed E-state index contributed by atoms with van der Waals surface area (Å²) in [5, 5.41) is 10.2. The Balaban J connectivity index is 3.20. The van der Waals surface area contributed by atoms with E-state index in [-0.39, 0.29) is 3.57 Å². The predicted octanol–water partition coefficient (Wildman–Crippen LogP) is 2.61. The Labute approximate surface area is 89.4 Å². The summed E-state index contributed by atoms with van der Waals surface area (Å²) in [5.41, 5.74) is -0.993. The van der Waals surface area contributed by atoms with Crippen molar-refractivity contribution in [3.05, 3.63) is 31.5 Å². The number of aromatic nitrogens is 1. The highest BCUT2D eigenvalue weighted by atomic mass is 127. The third-order valence-electron chi connectivity index (χ3n) is 1.32. The van der Waals surface area contributed by atoms with Crippen molar-refractivity contribution in [2.75, 3.05) is 0 Å². The van der Waals surface area contributed by atoms with Crippen LogP contribution in [0.3, 0.4) is 0 Å². The summed E-state index contributed by atoms with van der Waals surface area (Å²) in [5.74, 6) is -0.571. The van der Waals surface area contributed by atoms with Crippen LogP contribution in [-0.2, 0) is 6.18 Å². The van der Waals surface area contributed by atoms with E-state index < -0.39 is 22.5 Å². The van der Waals surface area contributed by atoms with Crippen LogP contribution in [0.2, 0.25) is 0 Å². The molecule has 8 heteroatoms. The number of hydrogen-bond acceptors (Lipinski definition) is 3. The molecule has 14 heavy (non-hydrogen) atoms. The lowest BCUT2D eigenvalue weighted by atomic mass is 10.3. The zero-order valence-corrected chi connectivity index (χ0v) is 8.53. The molecule has 0 aliphatic rings. The molecule has 0 bridgehead atoms. The van der Waals surface area contributed by atoms with Gasteiger partial charge >= 0.3 is 12.0 Å². The molecule has 0 atom stereocenters. The quantitative estimate of drug-likeness (QED) is 0.454. The standard InChI is InChI=1S/C6H2F3IN2O2/c7-6(8,9)3-1-4(10)5(11-2-3)12(13)14/h1-2H. The molecule has 1 heterocycles. The number of nitro groups is 1. The Morgan fingerprint density at radius 1 is 1.50 bits per heavy atom. The molecule has 0 radical (unpaired) electrons. The molecule has 0 saturated heterocycles. The number of rotatable bonds is 1. The fourth-order valence-electron chi connectivity index (χ4n) is 0.720. The molecule has 4 nitrogen and oxygen atoms in total. The lowest BCUT2D eigenvalue weighted by molar-refractivity contribution is -0.390. The molecule has 1 aromatic rings. The first-order valence-electron chi connectivity index (χ1n) is 3.19. The molecule has 0 N–H and O–H groups in total. The van der Waals surface area contributed by atoms with E-state index in [4.69, 9.17) is 0 Å². The first-order valence-corrected chi connectivity index (χ1v) is 4.27. The highest BCUT2D eigenvalue weighted by Gasteiger charge is 2.33. The summed E-state index contributed by atoms with van der Waals surface area (Å²) in [6.45, 7) is 0. The second-order valence-electron chi connectivity index (χ2n) is 2.28. The number of alkyl halides is 3. The van der Waals surface area contributed by atoms with E-state index in [9.17, 15) is 23.3 Å². The van der Waals surface area contributed by atoms with Crippen LogP contribution in [0, 0.1) is 13.7 Å². The van der Waals surface area contributed by atoms with Gasteiger partial charge in [0.2, 0.25) is 0 Å². The van der Waals surface area contributed by atoms with E-state index in [1.807, 2.05) is 0 Å². The first kappa shape index (κ1) is 11.1. The summed E-state index contributed by atoms with van der Waals surface area (Å²) >= 11 is 1.44. The second-order valence-corrected chi connectivity index (χ2v) is 3.45. The van der Waals surface area contributed by atoms with E-state index in [0.29, 0.717) is 12.3 Å². The van der Waals surface area contributed by atoms with Crippen molar-refractivity contribution >= 4 is 28.4 Å². The molecule has 0 saturated carbocycles. The average Bonchev–Trinajstić information content (AvgIpc) is 2.01. The van der Waals surface area contributed by atoms with Crippen LogP contribution >= 0.6 is 22.6 Å². The molecule has 0 aromatic carbocycles. The van der Waals surface area contributed by atoms with E-state index in [2.05, 4.69) is 4.98 Å². The summed E-state index contributed by atoms with van der Waals surface area (Å²) < 4.78 is 36.1. The topological polar surface area (TPSA) is 56.0 Å². The van der Waals surface area contributed by atoms with Gasteiger partial charge in [0, 0.05) is 0 Å². The number of hydrogen-bond donors (Lipinski definition) is 0. The van der Waals surface area contributed by atoms with Crippen LogP contribution < -0.4 is 0 Å². The van der Waals surface area contributed by atoms with Gasteiger partial charge in [-0.2, -0.15) is 13.2 Å². The number of nitrogens with zero attached hydrogens (tertiary/aromatic N) is 2. The van der Waals surface area contributed by atoms with Crippen LogP contribution in [0.5, 0.6) is 0 Å². The fourth-order valence-corrected chi connectivity index (χ4v) is 1.39. The van der Waals surface area contributed by atoms with Gasteiger partial charge in [-0.15, -0.1) is 0 Å². The zero-order chi connectivity index (χ0) is 10.9. The molecule has 0 spiro atoms. The Morgan fingerprint density at radius 2 is 2.07 bits per heavy atom. The molecule has 0 fully saturated rings. The van der Waals surface area contributed by atoms with Gasteiger partial charge in [0.1, 0.15) is 9.13 Å². The molecule has 1 rings (SSSR count). The van der Waals surface area contributed by atoms with Gasteiger partial charge in [0.15, 0.2) is 6.20 Å². The van der Waals surface area contributed by atoms with E-state index in [1.54, 1.807) is 0 Å². The maximum absolute atomic E-state index is 12.1. The minimum absolute atomic E-state index is 0.137. The largest absolute Gasteiger partial charge is 0.420 e. The summed E-state index contributed by atoms with van der Waals surface area (Å²) in [6, 6.07) is 0.686. The highest BCUT2D eigenvalue weighted by molar-refractivity contribution is 14.1. The number of pyridine rings is 1.